The quantitative estimate of drug-likeness (QED) is 0.652. The number of alkyl halides is 1. The molecule has 1 aliphatic heterocycles. The van der Waals surface area contributed by atoms with Gasteiger partial charge in [-0.25, -0.2) is 0 Å². The first-order valence-electron chi connectivity index (χ1n) is 4.90. The maximum atomic E-state index is 11.6. The lowest BCUT2D eigenvalue weighted by atomic mass is 10.3. The minimum atomic E-state index is -4.35. The second kappa shape index (κ2) is 4.29. The zero-order valence-electron chi connectivity index (χ0n) is 8.71. The van der Waals surface area contributed by atoms with Gasteiger partial charge in [0.05, 0.1) is 11.1 Å². The number of amides is 1. The van der Waals surface area contributed by atoms with E-state index >= 15 is 0 Å². The topological polar surface area (TPSA) is 74.7 Å². The molecule has 1 aromatic rings. The van der Waals surface area contributed by atoms with Crippen molar-refractivity contribution in [3.63, 3.8) is 0 Å². The Bertz CT molecular complexity index is 557. The second-order valence-corrected chi connectivity index (χ2v) is 5.76. The summed E-state index contributed by atoms with van der Waals surface area (Å²) in [6, 6.07) is 5.79. The first-order chi connectivity index (χ1) is 7.89. The summed E-state index contributed by atoms with van der Waals surface area (Å²) in [5.41, 5.74) is 0.170. The number of hydrogen-bond donors (Lipinski definition) is 1. The molecule has 0 saturated carbocycles. The highest BCUT2D eigenvalue weighted by molar-refractivity contribution is 7.86. The number of para-hydroxylation sites is 1. The first kappa shape index (κ1) is 12.3. The van der Waals surface area contributed by atoms with Crippen LogP contribution in [0.1, 0.15) is 6.42 Å². The molecule has 1 saturated heterocycles. The van der Waals surface area contributed by atoms with E-state index < -0.39 is 10.1 Å². The highest BCUT2D eigenvalue weighted by Crippen LogP contribution is 2.29. The largest absolute Gasteiger partial charge is 0.309 e. The van der Waals surface area contributed by atoms with Gasteiger partial charge in [-0.2, -0.15) is 8.42 Å². The van der Waals surface area contributed by atoms with Crippen molar-refractivity contribution >= 4 is 33.3 Å². The standard InChI is InChI=1S/C10H10ClNO4S/c11-7-5-10(13)12(6-7)8-3-1-2-4-9(8)17(14,15)16/h1-4,7H,5-6H2,(H,14,15,16). The number of hydrogen-bond acceptors (Lipinski definition) is 3. The number of carbonyl (C=O) groups excluding carboxylic acids is 1. The summed E-state index contributed by atoms with van der Waals surface area (Å²) in [5.74, 6) is -0.249. The van der Waals surface area contributed by atoms with E-state index in [1.54, 1.807) is 6.07 Å². The first-order valence-corrected chi connectivity index (χ1v) is 6.78. The second-order valence-electron chi connectivity index (χ2n) is 3.75. The summed E-state index contributed by atoms with van der Waals surface area (Å²) in [7, 11) is -4.35. The van der Waals surface area contributed by atoms with Crippen molar-refractivity contribution in [2.24, 2.45) is 0 Å². The lowest BCUT2D eigenvalue weighted by molar-refractivity contribution is -0.117. The summed E-state index contributed by atoms with van der Waals surface area (Å²) in [6.07, 6.45) is 0.168. The lowest BCUT2D eigenvalue weighted by Gasteiger charge is -2.18. The van der Waals surface area contributed by atoms with Crippen LogP contribution in [0, 0.1) is 0 Å². The van der Waals surface area contributed by atoms with Crippen LogP contribution in [0.2, 0.25) is 0 Å². The van der Waals surface area contributed by atoms with Crippen molar-refractivity contribution in [3.8, 4) is 0 Å². The molecule has 7 heteroatoms. The number of anilines is 1. The smallest absolute Gasteiger partial charge is 0.296 e. The SMILES string of the molecule is O=C1CC(Cl)CN1c1ccccc1S(=O)(=O)O. The summed E-state index contributed by atoms with van der Waals surface area (Å²) in [6.45, 7) is 0.243. The molecular weight excluding hydrogens is 266 g/mol. The molecule has 5 nitrogen and oxygen atoms in total. The molecule has 2 rings (SSSR count). The summed E-state index contributed by atoms with van der Waals surface area (Å²) >= 11 is 5.84. The van der Waals surface area contributed by atoms with Crippen LogP contribution in [-0.2, 0) is 14.9 Å². The van der Waals surface area contributed by atoms with Gasteiger partial charge in [0.1, 0.15) is 4.90 Å². The monoisotopic (exact) mass is 275 g/mol. The van der Waals surface area contributed by atoms with Crippen LogP contribution in [0.15, 0.2) is 29.2 Å². The maximum Gasteiger partial charge on any atom is 0.296 e. The number of halogens is 1. The molecular formula is C10H10ClNO4S. The van der Waals surface area contributed by atoms with Crippen molar-refractivity contribution < 1.29 is 17.8 Å². The van der Waals surface area contributed by atoms with Crippen LogP contribution in [-0.4, -0.2) is 30.8 Å². The lowest BCUT2D eigenvalue weighted by Crippen LogP contribution is -2.26. The zero-order chi connectivity index (χ0) is 12.6. The van der Waals surface area contributed by atoms with E-state index in [9.17, 15) is 13.2 Å². The molecule has 1 aliphatic rings. The van der Waals surface area contributed by atoms with Gasteiger partial charge in [-0.3, -0.25) is 9.35 Å². The van der Waals surface area contributed by atoms with Crippen LogP contribution >= 0.6 is 11.6 Å². The van der Waals surface area contributed by atoms with Crippen LogP contribution < -0.4 is 4.90 Å². The maximum absolute atomic E-state index is 11.6. The molecule has 0 aliphatic carbocycles. The van der Waals surface area contributed by atoms with E-state index in [2.05, 4.69) is 0 Å². The van der Waals surface area contributed by atoms with Crippen molar-refractivity contribution in [2.45, 2.75) is 16.7 Å². The Kier molecular flexibility index (Phi) is 3.11. The van der Waals surface area contributed by atoms with Gasteiger partial charge < -0.3 is 4.90 Å². The van der Waals surface area contributed by atoms with Gasteiger partial charge in [-0.1, -0.05) is 12.1 Å². The van der Waals surface area contributed by atoms with Crippen LogP contribution in [0.3, 0.4) is 0 Å². The van der Waals surface area contributed by atoms with Crippen molar-refractivity contribution in [3.05, 3.63) is 24.3 Å². The van der Waals surface area contributed by atoms with E-state index in [1.807, 2.05) is 0 Å². The molecule has 1 unspecified atom stereocenters. The van der Waals surface area contributed by atoms with E-state index in [1.165, 1.54) is 23.1 Å². The molecule has 0 radical (unpaired) electrons. The molecule has 17 heavy (non-hydrogen) atoms. The number of carbonyl (C=O) groups is 1. The zero-order valence-corrected chi connectivity index (χ0v) is 10.3. The third-order valence-electron chi connectivity index (χ3n) is 2.51. The van der Waals surface area contributed by atoms with Crippen LogP contribution in [0.25, 0.3) is 0 Å². The minimum absolute atomic E-state index is 0.168. The molecule has 1 amide bonds. The molecule has 0 aromatic heterocycles. The van der Waals surface area contributed by atoms with Gasteiger partial charge in [0.25, 0.3) is 10.1 Å². The van der Waals surface area contributed by atoms with Crippen molar-refractivity contribution in [1.82, 2.24) is 0 Å². The molecule has 1 aromatic carbocycles. The Morgan fingerprint density at radius 2 is 2.00 bits per heavy atom. The van der Waals surface area contributed by atoms with Gasteiger partial charge in [-0.15, -0.1) is 11.6 Å². The third-order valence-corrected chi connectivity index (χ3v) is 3.71. The van der Waals surface area contributed by atoms with E-state index in [-0.39, 0.29) is 34.8 Å². The fraction of sp³-hybridized carbons (Fsp3) is 0.300. The molecule has 0 spiro atoms. The average Bonchev–Trinajstić information content (AvgIpc) is 2.56. The van der Waals surface area contributed by atoms with E-state index in [0.717, 1.165) is 0 Å². The number of benzene rings is 1. The fourth-order valence-corrected chi connectivity index (χ4v) is 2.76. The molecule has 92 valence electrons. The number of rotatable bonds is 2. The van der Waals surface area contributed by atoms with Crippen molar-refractivity contribution in [1.29, 1.82) is 0 Å². The summed E-state index contributed by atoms with van der Waals surface area (Å²) in [4.78, 5) is 12.6. The predicted molar refractivity (Wildman–Crippen MR) is 62.9 cm³/mol. The van der Waals surface area contributed by atoms with Gasteiger partial charge >= 0.3 is 0 Å². The Morgan fingerprint density at radius 1 is 1.35 bits per heavy atom. The molecule has 1 atom stereocenters. The van der Waals surface area contributed by atoms with Gasteiger partial charge in [0.15, 0.2) is 0 Å². The normalized spacial score (nSPS) is 20.9. The Hall–Kier alpha value is -1.11. The third kappa shape index (κ3) is 2.43. The van der Waals surface area contributed by atoms with Crippen LogP contribution in [0.4, 0.5) is 5.69 Å². The molecule has 1 fully saturated rings. The highest BCUT2D eigenvalue weighted by Gasteiger charge is 2.32. The van der Waals surface area contributed by atoms with Gasteiger partial charge in [0.2, 0.25) is 5.91 Å². The van der Waals surface area contributed by atoms with Gasteiger partial charge in [-0.05, 0) is 12.1 Å². The Morgan fingerprint density at radius 3 is 2.53 bits per heavy atom. The molecule has 1 N–H and O–H groups in total. The summed E-state index contributed by atoms with van der Waals surface area (Å²) in [5, 5.41) is -0.336. The van der Waals surface area contributed by atoms with E-state index in [0.29, 0.717) is 0 Å². The Balaban J connectivity index is 2.50. The minimum Gasteiger partial charge on any atom is -0.309 e. The predicted octanol–water partition coefficient (Wildman–Crippen LogP) is 1.28. The molecule has 1 heterocycles. The average molecular weight is 276 g/mol. The van der Waals surface area contributed by atoms with Crippen LogP contribution in [0.5, 0.6) is 0 Å². The highest BCUT2D eigenvalue weighted by atomic mass is 35.5. The fourth-order valence-electron chi connectivity index (χ4n) is 1.80. The van der Waals surface area contributed by atoms with Crippen molar-refractivity contribution in [2.75, 3.05) is 11.4 Å². The Labute approximate surface area is 104 Å². The number of nitrogens with zero attached hydrogens (tertiary/aromatic N) is 1. The summed E-state index contributed by atoms with van der Waals surface area (Å²) < 4.78 is 31.5. The van der Waals surface area contributed by atoms with Gasteiger partial charge in [0, 0.05) is 13.0 Å². The van der Waals surface area contributed by atoms with E-state index in [4.69, 9.17) is 16.2 Å². The molecule has 0 bridgehead atoms.